The first-order valence-electron chi connectivity index (χ1n) is 6.46. The van der Waals surface area contributed by atoms with Crippen LogP contribution in [0.5, 0.6) is 0 Å². The second-order valence-corrected chi connectivity index (χ2v) is 7.95. The highest BCUT2D eigenvalue weighted by Gasteiger charge is 2.15. The maximum absolute atomic E-state index is 4.69. The van der Waals surface area contributed by atoms with Crippen LogP contribution in [-0.4, -0.2) is 21.7 Å². The lowest BCUT2D eigenvalue weighted by molar-refractivity contribution is 0.994. The lowest BCUT2D eigenvalue weighted by Gasteiger charge is -2.03. The Hall–Kier alpha value is -1.44. The highest BCUT2D eigenvalue weighted by Crippen LogP contribution is 2.39. The predicted octanol–water partition coefficient (Wildman–Crippen LogP) is 4.60. The van der Waals surface area contributed by atoms with Crippen LogP contribution in [0.1, 0.15) is 17.2 Å². The van der Waals surface area contributed by atoms with Gasteiger partial charge in [-0.25, -0.2) is 4.98 Å². The van der Waals surface area contributed by atoms with Gasteiger partial charge in [0.1, 0.15) is 5.01 Å². The summed E-state index contributed by atoms with van der Waals surface area (Å²) >= 11 is 5.00. The number of nitrogens with one attached hydrogen (secondary N) is 1. The van der Waals surface area contributed by atoms with E-state index in [1.54, 1.807) is 40.5 Å². The zero-order valence-electron chi connectivity index (χ0n) is 11.4. The van der Waals surface area contributed by atoms with Gasteiger partial charge in [0.15, 0.2) is 4.34 Å². The van der Waals surface area contributed by atoms with Crippen LogP contribution >= 0.6 is 34.4 Å². The van der Waals surface area contributed by atoms with E-state index in [-0.39, 0.29) is 5.25 Å². The molecule has 1 atom stereocenters. The third-order valence-corrected chi connectivity index (χ3v) is 6.18. The van der Waals surface area contributed by atoms with Crippen LogP contribution in [0.25, 0.3) is 10.2 Å². The molecule has 0 radical (unpaired) electrons. The molecule has 2 aromatic heterocycles. The highest BCUT2D eigenvalue weighted by atomic mass is 32.2. The van der Waals surface area contributed by atoms with Crippen LogP contribution in [0.4, 0.5) is 5.13 Å². The highest BCUT2D eigenvalue weighted by molar-refractivity contribution is 8.01. The molecular weight excluding hydrogens is 320 g/mol. The van der Waals surface area contributed by atoms with Crippen LogP contribution in [0.3, 0.4) is 0 Å². The summed E-state index contributed by atoms with van der Waals surface area (Å²) in [5, 5.41) is 13.7. The predicted molar refractivity (Wildman–Crippen MR) is 92.5 cm³/mol. The molecule has 0 fully saturated rings. The Morgan fingerprint density at radius 1 is 1.33 bits per heavy atom. The molecule has 0 aliphatic rings. The number of hydrogen-bond acceptors (Lipinski definition) is 7. The summed E-state index contributed by atoms with van der Waals surface area (Å²) in [6, 6.07) is 8.22. The minimum Gasteiger partial charge on any atom is -0.357 e. The van der Waals surface area contributed by atoms with Crippen molar-refractivity contribution >= 4 is 49.8 Å². The summed E-state index contributed by atoms with van der Waals surface area (Å²) in [6.07, 6.45) is 1.80. The van der Waals surface area contributed by atoms with Crippen LogP contribution in [0, 0.1) is 0 Å². The summed E-state index contributed by atoms with van der Waals surface area (Å²) < 4.78 is 2.18. The first-order valence-corrected chi connectivity index (χ1v) is 8.98. The van der Waals surface area contributed by atoms with Crippen LogP contribution in [0.15, 0.2) is 41.3 Å². The van der Waals surface area contributed by atoms with Crippen molar-refractivity contribution in [2.45, 2.75) is 16.5 Å². The van der Waals surface area contributed by atoms with E-state index in [2.05, 4.69) is 41.1 Å². The van der Waals surface area contributed by atoms with Crippen molar-refractivity contribution in [3.8, 4) is 0 Å². The molecule has 0 aliphatic heterocycles. The number of benzene rings is 1. The van der Waals surface area contributed by atoms with Gasteiger partial charge in [0, 0.05) is 6.54 Å². The molecule has 0 spiro atoms. The lowest BCUT2D eigenvalue weighted by Crippen LogP contribution is -1.96. The number of anilines is 1. The number of rotatable bonds is 6. The van der Waals surface area contributed by atoms with Gasteiger partial charge in [0.2, 0.25) is 5.13 Å². The molecule has 0 bridgehead atoms. The Bertz CT molecular complexity index is 716. The molecule has 4 nitrogen and oxygen atoms in total. The summed E-state index contributed by atoms with van der Waals surface area (Å²) in [4.78, 5) is 4.69. The van der Waals surface area contributed by atoms with Gasteiger partial charge >= 0.3 is 0 Å². The topological polar surface area (TPSA) is 50.7 Å². The van der Waals surface area contributed by atoms with E-state index in [9.17, 15) is 0 Å². The van der Waals surface area contributed by atoms with Crippen LogP contribution in [-0.2, 0) is 0 Å². The summed E-state index contributed by atoms with van der Waals surface area (Å²) in [7, 11) is 0. The van der Waals surface area contributed by atoms with Crippen LogP contribution in [0.2, 0.25) is 0 Å². The maximum atomic E-state index is 4.69. The lowest BCUT2D eigenvalue weighted by atomic mass is 10.3. The molecule has 1 N–H and O–H groups in total. The van der Waals surface area contributed by atoms with E-state index in [0.29, 0.717) is 6.54 Å². The van der Waals surface area contributed by atoms with Gasteiger partial charge in [0.25, 0.3) is 0 Å². The molecule has 0 saturated heterocycles. The molecule has 21 heavy (non-hydrogen) atoms. The number of thioether (sulfide) groups is 1. The minimum atomic E-state index is 0.266. The van der Waals surface area contributed by atoms with E-state index in [0.717, 1.165) is 20.0 Å². The average molecular weight is 334 g/mol. The fourth-order valence-electron chi connectivity index (χ4n) is 1.75. The third kappa shape index (κ3) is 3.42. The van der Waals surface area contributed by atoms with E-state index < -0.39 is 0 Å². The molecule has 3 rings (SSSR count). The van der Waals surface area contributed by atoms with Crippen molar-refractivity contribution < 1.29 is 0 Å². The fraction of sp³-hybridized carbons (Fsp3) is 0.214. The SMILES string of the molecule is C=CCNc1nnc(S[C@@H](C)c2nc3ccccc3s2)s1. The van der Waals surface area contributed by atoms with E-state index >= 15 is 0 Å². The molecule has 1 aromatic carbocycles. The Labute approximate surface area is 135 Å². The van der Waals surface area contributed by atoms with Gasteiger partial charge in [-0.05, 0) is 19.1 Å². The third-order valence-electron chi connectivity index (χ3n) is 2.74. The molecule has 0 aliphatic carbocycles. The molecule has 7 heteroatoms. The normalized spacial score (nSPS) is 12.4. The van der Waals surface area contributed by atoms with Gasteiger partial charge in [0.05, 0.1) is 15.5 Å². The molecular formula is C14H14N4S3. The van der Waals surface area contributed by atoms with Gasteiger partial charge < -0.3 is 5.32 Å². The second kappa shape index (κ2) is 6.55. The van der Waals surface area contributed by atoms with E-state index in [1.807, 2.05) is 12.1 Å². The maximum Gasteiger partial charge on any atom is 0.206 e. The van der Waals surface area contributed by atoms with Gasteiger partial charge in [-0.15, -0.1) is 28.1 Å². The fourth-order valence-corrected chi connectivity index (χ4v) is 4.83. The number of thiazole rings is 1. The second-order valence-electron chi connectivity index (χ2n) is 4.32. The average Bonchev–Trinajstić information content (AvgIpc) is 3.11. The van der Waals surface area contributed by atoms with Crippen molar-refractivity contribution in [2.24, 2.45) is 0 Å². The Balaban J connectivity index is 1.71. The van der Waals surface area contributed by atoms with Crippen molar-refractivity contribution in [3.05, 3.63) is 41.9 Å². The minimum absolute atomic E-state index is 0.266. The molecule has 0 amide bonds. The number of hydrogen-bond donors (Lipinski definition) is 1. The van der Waals surface area contributed by atoms with Crippen molar-refractivity contribution in [3.63, 3.8) is 0 Å². The van der Waals surface area contributed by atoms with Crippen molar-refractivity contribution in [2.75, 3.05) is 11.9 Å². The molecule has 108 valence electrons. The Morgan fingerprint density at radius 3 is 3.00 bits per heavy atom. The molecule has 3 aromatic rings. The number of fused-ring (bicyclic) bond motifs is 1. The van der Waals surface area contributed by atoms with Gasteiger partial charge in [-0.1, -0.05) is 41.3 Å². The summed E-state index contributed by atoms with van der Waals surface area (Å²) in [5.41, 5.74) is 1.07. The van der Waals surface area contributed by atoms with Crippen LogP contribution < -0.4 is 5.32 Å². The monoisotopic (exact) mass is 334 g/mol. The first-order chi connectivity index (χ1) is 10.3. The Kier molecular flexibility index (Phi) is 4.52. The number of para-hydroxylation sites is 1. The zero-order valence-corrected chi connectivity index (χ0v) is 13.9. The Morgan fingerprint density at radius 2 is 2.19 bits per heavy atom. The largest absolute Gasteiger partial charge is 0.357 e. The summed E-state index contributed by atoms with van der Waals surface area (Å²) in [5.74, 6) is 0. The smallest absolute Gasteiger partial charge is 0.206 e. The van der Waals surface area contributed by atoms with Crippen molar-refractivity contribution in [1.82, 2.24) is 15.2 Å². The number of aromatic nitrogens is 3. The molecule has 0 saturated carbocycles. The quantitative estimate of drug-likeness (QED) is 0.527. The van der Waals surface area contributed by atoms with Gasteiger partial charge in [-0.3, -0.25) is 0 Å². The summed E-state index contributed by atoms with van der Waals surface area (Å²) in [6.45, 7) is 6.53. The molecule has 2 heterocycles. The number of nitrogens with zero attached hydrogens (tertiary/aromatic N) is 3. The van der Waals surface area contributed by atoms with Crippen molar-refractivity contribution in [1.29, 1.82) is 0 Å². The first kappa shape index (κ1) is 14.5. The zero-order chi connectivity index (χ0) is 14.7. The standard InChI is InChI=1S/C14H14N4S3/c1-3-8-15-13-17-18-14(21-13)19-9(2)12-16-10-6-4-5-7-11(10)20-12/h3-7,9H,1,8H2,2H3,(H,15,17)/t9-/m0/s1. The van der Waals surface area contributed by atoms with Gasteiger partial charge in [-0.2, -0.15) is 0 Å². The molecule has 0 unspecified atom stereocenters. The van der Waals surface area contributed by atoms with E-state index in [1.165, 1.54) is 4.70 Å². The van der Waals surface area contributed by atoms with E-state index in [4.69, 9.17) is 4.98 Å².